The van der Waals surface area contributed by atoms with Gasteiger partial charge >= 0.3 is 0 Å². The average Bonchev–Trinajstić information content (AvgIpc) is 3.21. The second kappa shape index (κ2) is 9.10. The molecule has 140 valence electrons. The lowest BCUT2D eigenvalue weighted by atomic mass is 9.96. The van der Waals surface area contributed by atoms with E-state index in [1.54, 1.807) is 13.1 Å². The molecule has 2 aliphatic heterocycles. The minimum absolute atomic E-state index is 0. The Balaban J connectivity index is 0.00000225. The molecule has 0 radical (unpaired) electrons. The van der Waals surface area contributed by atoms with Gasteiger partial charge in [0.1, 0.15) is 4.90 Å². The molecule has 2 bridgehead atoms. The van der Waals surface area contributed by atoms with E-state index in [0.717, 1.165) is 19.3 Å². The lowest BCUT2D eigenvalue weighted by molar-refractivity contribution is 0.0992. The average molecular weight is 481 g/mol. The molecule has 3 unspecified atom stereocenters. The first-order valence-corrected chi connectivity index (χ1v) is 9.59. The first-order valence-electron chi connectivity index (χ1n) is 8.11. The molecule has 2 fully saturated rings. The SMILES string of the molecule is CN=C(NCCNS(=O)(=O)c1cccnc1)NC1CC2CCC1O2.I. The number of halogens is 1. The van der Waals surface area contributed by atoms with Crippen LogP contribution < -0.4 is 15.4 Å². The summed E-state index contributed by atoms with van der Waals surface area (Å²) in [6, 6.07) is 3.39. The Hall–Kier alpha value is -0.980. The minimum atomic E-state index is -3.53. The highest BCUT2D eigenvalue weighted by atomic mass is 127. The van der Waals surface area contributed by atoms with Crippen LogP contribution in [0.4, 0.5) is 0 Å². The zero-order valence-electron chi connectivity index (χ0n) is 14.0. The maximum Gasteiger partial charge on any atom is 0.242 e. The van der Waals surface area contributed by atoms with Crippen molar-refractivity contribution < 1.29 is 13.2 Å². The molecule has 0 amide bonds. The topological polar surface area (TPSA) is 105 Å². The van der Waals surface area contributed by atoms with Gasteiger partial charge in [0.2, 0.25) is 10.0 Å². The normalized spacial score (nSPS) is 25.5. The van der Waals surface area contributed by atoms with Gasteiger partial charge < -0.3 is 15.4 Å². The van der Waals surface area contributed by atoms with Gasteiger partial charge in [0.15, 0.2) is 5.96 Å². The van der Waals surface area contributed by atoms with Gasteiger partial charge in [-0.1, -0.05) is 0 Å². The summed E-state index contributed by atoms with van der Waals surface area (Å²) < 4.78 is 32.5. The standard InChI is InChI=1S/C15H23N5O3S.HI/c1-16-15(20-13-9-11-4-5-14(13)23-11)18-7-8-19-24(21,22)12-3-2-6-17-10-12;/h2-3,6,10-11,13-14,19H,4-5,7-9H2,1H3,(H2,16,18,20);1H. The second-order valence-corrected chi connectivity index (χ2v) is 7.71. The monoisotopic (exact) mass is 481 g/mol. The van der Waals surface area contributed by atoms with Gasteiger partial charge in [-0.25, -0.2) is 13.1 Å². The number of nitrogens with one attached hydrogen (secondary N) is 3. The maximum absolute atomic E-state index is 12.1. The molecule has 0 saturated carbocycles. The van der Waals surface area contributed by atoms with Crippen molar-refractivity contribution in [2.45, 2.75) is 42.4 Å². The van der Waals surface area contributed by atoms with Crippen LogP contribution in [0.5, 0.6) is 0 Å². The summed E-state index contributed by atoms with van der Waals surface area (Å²) in [7, 11) is -1.83. The van der Waals surface area contributed by atoms with E-state index in [9.17, 15) is 8.42 Å². The molecular formula is C15H24IN5O3S. The number of aliphatic imine (C=N–C) groups is 1. The van der Waals surface area contributed by atoms with Crippen molar-refractivity contribution in [3.05, 3.63) is 24.5 Å². The van der Waals surface area contributed by atoms with Crippen molar-refractivity contribution in [1.29, 1.82) is 0 Å². The molecule has 2 saturated heterocycles. The number of guanidine groups is 1. The van der Waals surface area contributed by atoms with E-state index in [4.69, 9.17) is 4.74 Å². The third kappa shape index (κ3) is 5.25. The number of ether oxygens (including phenoxy) is 1. The summed E-state index contributed by atoms with van der Waals surface area (Å²) >= 11 is 0. The zero-order chi connectivity index (χ0) is 17.0. The molecule has 1 aromatic heterocycles. The second-order valence-electron chi connectivity index (χ2n) is 5.95. The summed E-state index contributed by atoms with van der Waals surface area (Å²) in [5, 5.41) is 6.47. The molecule has 3 heterocycles. The number of fused-ring (bicyclic) bond motifs is 2. The highest BCUT2D eigenvalue weighted by Gasteiger charge is 2.41. The first-order chi connectivity index (χ1) is 11.6. The Morgan fingerprint density at radius 3 is 2.84 bits per heavy atom. The number of pyridine rings is 1. The largest absolute Gasteiger partial charge is 0.373 e. The molecular weight excluding hydrogens is 457 g/mol. The number of aromatic nitrogens is 1. The lowest BCUT2D eigenvalue weighted by Crippen LogP contribution is -2.48. The van der Waals surface area contributed by atoms with E-state index >= 15 is 0 Å². The van der Waals surface area contributed by atoms with E-state index in [-0.39, 0.29) is 47.6 Å². The number of hydrogen-bond acceptors (Lipinski definition) is 5. The van der Waals surface area contributed by atoms with Gasteiger partial charge in [0.05, 0.1) is 18.2 Å². The van der Waals surface area contributed by atoms with Crippen LogP contribution in [0.15, 0.2) is 34.4 Å². The van der Waals surface area contributed by atoms with Gasteiger partial charge in [-0.3, -0.25) is 9.98 Å². The van der Waals surface area contributed by atoms with E-state index in [1.165, 1.54) is 18.5 Å². The quantitative estimate of drug-likeness (QED) is 0.236. The molecule has 3 rings (SSSR count). The third-order valence-corrected chi connectivity index (χ3v) is 5.75. The van der Waals surface area contributed by atoms with Crippen LogP contribution >= 0.6 is 24.0 Å². The van der Waals surface area contributed by atoms with Crippen LogP contribution in [0.2, 0.25) is 0 Å². The molecule has 3 N–H and O–H groups in total. The van der Waals surface area contributed by atoms with Crippen LogP contribution in [0.1, 0.15) is 19.3 Å². The van der Waals surface area contributed by atoms with Crippen LogP contribution in [-0.2, 0) is 14.8 Å². The molecule has 2 aliphatic rings. The summed E-state index contributed by atoms with van der Waals surface area (Å²) in [5.74, 6) is 0.664. The van der Waals surface area contributed by atoms with Crippen LogP contribution in [0.3, 0.4) is 0 Å². The highest BCUT2D eigenvalue weighted by Crippen LogP contribution is 2.34. The van der Waals surface area contributed by atoms with Crippen LogP contribution in [0.25, 0.3) is 0 Å². The fraction of sp³-hybridized carbons (Fsp3) is 0.600. The maximum atomic E-state index is 12.1. The van der Waals surface area contributed by atoms with Gasteiger partial charge in [-0.05, 0) is 31.4 Å². The van der Waals surface area contributed by atoms with E-state index < -0.39 is 10.0 Å². The fourth-order valence-corrected chi connectivity index (χ4v) is 4.11. The molecule has 10 heteroatoms. The van der Waals surface area contributed by atoms with Gasteiger partial charge in [-0.2, -0.15) is 0 Å². The van der Waals surface area contributed by atoms with E-state index in [0.29, 0.717) is 18.6 Å². The van der Waals surface area contributed by atoms with Crippen molar-refractivity contribution in [3.63, 3.8) is 0 Å². The summed E-state index contributed by atoms with van der Waals surface area (Å²) in [6.07, 6.45) is 6.73. The predicted molar refractivity (Wildman–Crippen MR) is 106 cm³/mol. The number of nitrogens with zero attached hydrogens (tertiary/aromatic N) is 2. The fourth-order valence-electron chi connectivity index (χ4n) is 3.12. The summed E-state index contributed by atoms with van der Waals surface area (Å²) in [4.78, 5) is 8.16. The Kier molecular flexibility index (Phi) is 7.40. The zero-order valence-corrected chi connectivity index (χ0v) is 17.2. The number of sulfonamides is 1. The van der Waals surface area contributed by atoms with Crippen molar-refractivity contribution in [1.82, 2.24) is 20.3 Å². The first kappa shape index (κ1) is 20.3. The Labute approximate surface area is 165 Å². The Morgan fingerprint density at radius 1 is 1.40 bits per heavy atom. The molecule has 25 heavy (non-hydrogen) atoms. The van der Waals surface area contributed by atoms with Crippen LogP contribution in [0, 0.1) is 0 Å². The van der Waals surface area contributed by atoms with E-state index in [1.807, 2.05) is 0 Å². The molecule has 0 aromatic carbocycles. The van der Waals surface area contributed by atoms with E-state index in [2.05, 4.69) is 25.3 Å². The smallest absolute Gasteiger partial charge is 0.242 e. The molecule has 3 atom stereocenters. The van der Waals surface area contributed by atoms with Crippen molar-refractivity contribution in [3.8, 4) is 0 Å². The highest BCUT2D eigenvalue weighted by molar-refractivity contribution is 14.0. The van der Waals surface area contributed by atoms with Gasteiger partial charge in [-0.15, -0.1) is 24.0 Å². The number of rotatable bonds is 6. The van der Waals surface area contributed by atoms with Crippen molar-refractivity contribution in [2.75, 3.05) is 20.1 Å². The van der Waals surface area contributed by atoms with Gasteiger partial charge in [0.25, 0.3) is 0 Å². The van der Waals surface area contributed by atoms with Crippen molar-refractivity contribution >= 4 is 40.0 Å². The Bertz CT molecular complexity index is 686. The summed E-state index contributed by atoms with van der Waals surface area (Å²) in [5.41, 5.74) is 0. The minimum Gasteiger partial charge on any atom is -0.373 e. The molecule has 0 aliphatic carbocycles. The number of hydrogen-bond donors (Lipinski definition) is 3. The summed E-state index contributed by atoms with van der Waals surface area (Å²) in [6.45, 7) is 0.686. The predicted octanol–water partition coefficient (Wildman–Crippen LogP) is 0.463. The van der Waals surface area contributed by atoms with Crippen LogP contribution in [-0.4, -0.2) is 57.7 Å². The molecule has 1 aromatic rings. The van der Waals surface area contributed by atoms with Crippen molar-refractivity contribution in [2.24, 2.45) is 4.99 Å². The third-order valence-electron chi connectivity index (χ3n) is 4.31. The Morgan fingerprint density at radius 2 is 2.24 bits per heavy atom. The van der Waals surface area contributed by atoms with Gasteiger partial charge in [0, 0.05) is 32.5 Å². The molecule has 8 nitrogen and oxygen atoms in total. The lowest BCUT2D eigenvalue weighted by Gasteiger charge is -2.22. The molecule has 0 spiro atoms.